The molecule has 0 atom stereocenters. The Bertz CT molecular complexity index is 559. The van der Waals surface area contributed by atoms with Crippen molar-refractivity contribution in [3.63, 3.8) is 0 Å². The highest BCUT2D eigenvalue weighted by Gasteiger charge is 2.30. The van der Waals surface area contributed by atoms with Crippen LogP contribution < -0.4 is 0 Å². The third-order valence-electron chi connectivity index (χ3n) is 4.51. The van der Waals surface area contributed by atoms with Gasteiger partial charge in [0.1, 0.15) is 0 Å². The van der Waals surface area contributed by atoms with Gasteiger partial charge < -0.3 is 4.90 Å². The number of hydrogen-bond donors (Lipinski definition) is 0. The molecule has 0 spiro atoms. The summed E-state index contributed by atoms with van der Waals surface area (Å²) in [5.74, 6) is 1.75. The average Bonchev–Trinajstić information content (AvgIpc) is 2.97. The average molecular weight is 285 g/mol. The molecule has 0 aliphatic carbocycles. The zero-order valence-corrected chi connectivity index (χ0v) is 12.9. The molecular formula is C17H23N3O. The Kier molecular flexibility index (Phi) is 3.95. The van der Waals surface area contributed by atoms with Gasteiger partial charge in [0.25, 0.3) is 5.91 Å². The number of amides is 1. The molecule has 3 rings (SSSR count). The first-order valence-corrected chi connectivity index (χ1v) is 7.83. The van der Waals surface area contributed by atoms with Gasteiger partial charge in [0, 0.05) is 25.2 Å². The van der Waals surface area contributed by atoms with E-state index in [1.54, 1.807) is 0 Å². The number of guanidine groups is 1. The lowest BCUT2D eigenvalue weighted by Crippen LogP contribution is -2.48. The summed E-state index contributed by atoms with van der Waals surface area (Å²) in [6.07, 6.45) is 2.37. The smallest absolute Gasteiger partial charge is 0.260 e. The molecule has 2 heterocycles. The van der Waals surface area contributed by atoms with Crippen LogP contribution >= 0.6 is 0 Å². The molecule has 1 fully saturated rings. The van der Waals surface area contributed by atoms with Crippen molar-refractivity contribution in [2.75, 3.05) is 26.2 Å². The molecule has 0 saturated carbocycles. The molecule has 4 heteroatoms. The van der Waals surface area contributed by atoms with Crippen molar-refractivity contribution < 1.29 is 4.79 Å². The van der Waals surface area contributed by atoms with Crippen LogP contribution in [0.2, 0.25) is 0 Å². The number of likely N-dealkylation sites (tertiary alicyclic amines) is 1. The van der Waals surface area contributed by atoms with Crippen molar-refractivity contribution in [1.82, 2.24) is 9.80 Å². The Balaban J connectivity index is 1.78. The van der Waals surface area contributed by atoms with Gasteiger partial charge in [0.15, 0.2) is 0 Å². The maximum atomic E-state index is 12.8. The molecule has 2 aliphatic heterocycles. The molecular weight excluding hydrogens is 262 g/mol. The number of piperidine rings is 1. The second kappa shape index (κ2) is 5.88. The molecule has 4 nitrogen and oxygen atoms in total. The van der Waals surface area contributed by atoms with E-state index < -0.39 is 0 Å². The van der Waals surface area contributed by atoms with Gasteiger partial charge in [-0.05, 0) is 37.3 Å². The van der Waals surface area contributed by atoms with E-state index in [0.29, 0.717) is 6.54 Å². The second-order valence-corrected chi connectivity index (χ2v) is 6.12. The maximum Gasteiger partial charge on any atom is 0.260 e. The van der Waals surface area contributed by atoms with E-state index in [1.807, 2.05) is 36.1 Å². The van der Waals surface area contributed by atoms with Crippen LogP contribution in [0.15, 0.2) is 29.3 Å². The van der Waals surface area contributed by atoms with Crippen molar-refractivity contribution in [2.45, 2.75) is 26.7 Å². The fraction of sp³-hybridized carbons (Fsp3) is 0.529. The molecule has 1 aromatic carbocycles. The third-order valence-corrected chi connectivity index (χ3v) is 4.51. The quantitative estimate of drug-likeness (QED) is 0.795. The first-order chi connectivity index (χ1) is 10.2. The first-order valence-electron chi connectivity index (χ1n) is 7.83. The number of hydrogen-bond acceptors (Lipinski definition) is 3. The van der Waals surface area contributed by atoms with Gasteiger partial charge in [0.2, 0.25) is 5.96 Å². The number of rotatable bonds is 1. The zero-order valence-electron chi connectivity index (χ0n) is 12.9. The largest absolute Gasteiger partial charge is 0.342 e. The fourth-order valence-corrected chi connectivity index (χ4v) is 3.07. The van der Waals surface area contributed by atoms with Gasteiger partial charge >= 0.3 is 0 Å². The van der Waals surface area contributed by atoms with Crippen molar-refractivity contribution in [3.05, 3.63) is 35.4 Å². The molecule has 0 aromatic heterocycles. The Hall–Kier alpha value is -1.84. The predicted octanol–water partition coefficient (Wildman–Crippen LogP) is 2.54. The maximum absolute atomic E-state index is 12.8. The molecule has 1 aromatic rings. The molecule has 0 radical (unpaired) electrons. The molecule has 0 bridgehead atoms. The number of carbonyl (C=O) groups excluding carboxylic acids is 1. The van der Waals surface area contributed by atoms with E-state index in [2.05, 4.69) is 16.8 Å². The van der Waals surface area contributed by atoms with E-state index in [9.17, 15) is 4.79 Å². The van der Waals surface area contributed by atoms with Crippen LogP contribution in [0.3, 0.4) is 0 Å². The summed E-state index contributed by atoms with van der Waals surface area (Å²) < 4.78 is 0. The van der Waals surface area contributed by atoms with Crippen LogP contribution in [-0.4, -0.2) is 47.8 Å². The lowest BCUT2D eigenvalue weighted by Gasteiger charge is -2.35. The zero-order chi connectivity index (χ0) is 14.8. The summed E-state index contributed by atoms with van der Waals surface area (Å²) in [7, 11) is 0. The minimum atomic E-state index is 0.0861. The van der Waals surface area contributed by atoms with Crippen molar-refractivity contribution in [2.24, 2.45) is 10.9 Å². The minimum absolute atomic E-state index is 0.0861. The van der Waals surface area contributed by atoms with E-state index in [-0.39, 0.29) is 5.91 Å². The summed E-state index contributed by atoms with van der Waals surface area (Å²) in [6, 6.07) is 7.79. The normalized spacial score (nSPS) is 19.8. The summed E-state index contributed by atoms with van der Waals surface area (Å²) in [5.41, 5.74) is 1.82. The molecule has 1 saturated heterocycles. The summed E-state index contributed by atoms with van der Waals surface area (Å²) in [5, 5.41) is 0. The summed E-state index contributed by atoms with van der Waals surface area (Å²) in [6.45, 7) is 7.73. The van der Waals surface area contributed by atoms with Crippen LogP contribution in [0.25, 0.3) is 0 Å². The number of benzene rings is 1. The molecule has 112 valence electrons. The molecule has 2 aliphatic rings. The lowest BCUT2D eigenvalue weighted by atomic mass is 9.99. The lowest BCUT2D eigenvalue weighted by molar-refractivity contribution is 0.0839. The van der Waals surface area contributed by atoms with Gasteiger partial charge in [-0.25, -0.2) is 0 Å². The highest BCUT2D eigenvalue weighted by Crippen LogP contribution is 2.20. The predicted molar refractivity (Wildman–Crippen MR) is 84.5 cm³/mol. The van der Waals surface area contributed by atoms with Crippen LogP contribution in [0.1, 0.15) is 35.7 Å². The van der Waals surface area contributed by atoms with E-state index in [4.69, 9.17) is 0 Å². The van der Waals surface area contributed by atoms with Crippen molar-refractivity contribution >= 4 is 11.9 Å². The highest BCUT2D eigenvalue weighted by molar-refractivity contribution is 6.07. The monoisotopic (exact) mass is 285 g/mol. The standard InChI is InChI=1S/C17H23N3O/c1-13-7-10-19(11-8-13)17-18-9-12-20(17)16(21)15-6-4-3-5-14(15)2/h3-6,13H,7-12H2,1-2H3. The molecule has 0 unspecified atom stereocenters. The van der Waals surface area contributed by atoms with E-state index >= 15 is 0 Å². The molecule has 21 heavy (non-hydrogen) atoms. The summed E-state index contributed by atoms with van der Waals surface area (Å²) >= 11 is 0. The van der Waals surface area contributed by atoms with Crippen LogP contribution in [0.4, 0.5) is 0 Å². The van der Waals surface area contributed by atoms with E-state index in [0.717, 1.165) is 42.6 Å². The van der Waals surface area contributed by atoms with Gasteiger partial charge in [-0.15, -0.1) is 0 Å². The first kappa shape index (κ1) is 14.1. The Morgan fingerprint density at radius 1 is 1.19 bits per heavy atom. The van der Waals surface area contributed by atoms with Crippen LogP contribution in [0, 0.1) is 12.8 Å². The third kappa shape index (κ3) is 2.80. The number of aliphatic imine (C=N–C) groups is 1. The topological polar surface area (TPSA) is 35.9 Å². The second-order valence-electron chi connectivity index (χ2n) is 6.12. The van der Waals surface area contributed by atoms with Gasteiger partial charge in [-0.1, -0.05) is 25.1 Å². The van der Waals surface area contributed by atoms with Crippen molar-refractivity contribution in [1.29, 1.82) is 0 Å². The van der Waals surface area contributed by atoms with E-state index in [1.165, 1.54) is 12.8 Å². The van der Waals surface area contributed by atoms with Gasteiger partial charge in [-0.2, -0.15) is 0 Å². The Labute approximate surface area is 126 Å². The van der Waals surface area contributed by atoms with Crippen molar-refractivity contribution in [3.8, 4) is 0 Å². The molecule has 0 N–H and O–H groups in total. The summed E-state index contributed by atoms with van der Waals surface area (Å²) in [4.78, 5) is 21.5. The van der Waals surface area contributed by atoms with Crippen LogP contribution in [0.5, 0.6) is 0 Å². The number of aryl methyl sites for hydroxylation is 1. The number of nitrogens with zero attached hydrogens (tertiary/aromatic N) is 3. The van der Waals surface area contributed by atoms with Crippen LogP contribution in [-0.2, 0) is 0 Å². The fourth-order valence-electron chi connectivity index (χ4n) is 3.07. The Morgan fingerprint density at radius 2 is 1.90 bits per heavy atom. The number of carbonyl (C=O) groups is 1. The minimum Gasteiger partial charge on any atom is -0.342 e. The van der Waals surface area contributed by atoms with Gasteiger partial charge in [0.05, 0.1) is 6.54 Å². The van der Waals surface area contributed by atoms with Gasteiger partial charge in [-0.3, -0.25) is 14.7 Å². The molecule has 1 amide bonds. The highest BCUT2D eigenvalue weighted by atomic mass is 16.2. The Morgan fingerprint density at radius 3 is 2.62 bits per heavy atom. The SMILES string of the molecule is Cc1ccccc1C(=O)N1CCN=C1N1CCC(C)CC1.